The van der Waals surface area contributed by atoms with Crippen LogP contribution >= 0.6 is 0 Å². The summed E-state index contributed by atoms with van der Waals surface area (Å²) in [5.74, 6) is 0.932. The van der Waals surface area contributed by atoms with Crippen molar-refractivity contribution in [1.29, 1.82) is 0 Å². The molecule has 0 aliphatic carbocycles. The molecule has 2 N–H and O–H groups in total. The maximum Gasteiger partial charge on any atom is 0.0480 e. The lowest BCUT2D eigenvalue weighted by atomic mass is 9.92. The molecule has 0 atom stereocenters. The van der Waals surface area contributed by atoms with Crippen molar-refractivity contribution in [2.45, 2.75) is 46.1 Å². The Hall–Kier alpha value is -2.22. The van der Waals surface area contributed by atoms with Crippen molar-refractivity contribution >= 4 is 5.69 Å². The van der Waals surface area contributed by atoms with E-state index in [2.05, 4.69) is 75.1 Å². The first kappa shape index (κ1) is 17.1. The third kappa shape index (κ3) is 4.16. The molecule has 0 saturated carbocycles. The van der Waals surface area contributed by atoms with Gasteiger partial charge in [0.2, 0.25) is 0 Å². The van der Waals surface area contributed by atoms with Crippen molar-refractivity contribution in [2.75, 3.05) is 4.90 Å². The molecule has 0 aliphatic rings. The summed E-state index contributed by atoms with van der Waals surface area (Å²) >= 11 is 0. The average Bonchev–Trinajstić information content (AvgIpc) is 2.54. The van der Waals surface area contributed by atoms with Crippen molar-refractivity contribution in [3.05, 3.63) is 77.6 Å². The molecule has 2 aromatic rings. The first-order valence-electron chi connectivity index (χ1n) is 8.36. The fourth-order valence-electron chi connectivity index (χ4n) is 2.93. The summed E-state index contributed by atoms with van der Waals surface area (Å²) in [4.78, 5) is 2.28. The van der Waals surface area contributed by atoms with E-state index in [-0.39, 0.29) is 0 Å². The Labute approximate surface area is 140 Å². The lowest BCUT2D eigenvalue weighted by Gasteiger charge is -2.29. The molecule has 0 bridgehead atoms. The van der Waals surface area contributed by atoms with Crippen LogP contribution in [0.1, 0.15) is 56.2 Å². The molecule has 2 heteroatoms. The third-order valence-electron chi connectivity index (χ3n) is 4.09. The van der Waals surface area contributed by atoms with Crippen LogP contribution < -0.4 is 10.6 Å². The average molecular weight is 308 g/mol. The van der Waals surface area contributed by atoms with Gasteiger partial charge in [0, 0.05) is 24.6 Å². The number of hydrogen-bond donors (Lipinski definition) is 1. The van der Waals surface area contributed by atoms with Crippen molar-refractivity contribution in [3.63, 3.8) is 0 Å². The predicted octanol–water partition coefficient (Wildman–Crippen LogP) is 5.37. The highest BCUT2D eigenvalue weighted by Crippen LogP contribution is 2.36. The van der Waals surface area contributed by atoms with Gasteiger partial charge in [0.1, 0.15) is 0 Å². The molecular formula is C21H28N2. The van der Waals surface area contributed by atoms with Crippen LogP contribution in [0.4, 0.5) is 5.69 Å². The van der Waals surface area contributed by atoms with Crippen LogP contribution in [0.5, 0.6) is 0 Å². The van der Waals surface area contributed by atoms with Crippen molar-refractivity contribution in [1.82, 2.24) is 0 Å². The first-order chi connectivity index (χ1) is 11.0. The molecular weight excluding hydrogens is 280 g/mol. The SMILES string of the molecule is CC(C)c1cccc(C(C)C)c1N(/C=C\N)Cc1ccccc1. The molecule has 0 spiro atoms. The summed E-state index contributed by atoms with van der Waals surface area (Å²) in [6.07, 6.45) is 3.62. The van der Waals surface area contributed by atoms with Gasteiger partial charge in [-0.15, -0.1) is 0 Å². The summed E-state index contributed by atoms with van der Waals surface area (Å²) < 4.78 is 0. The fourth-order valence-corrected chi connectivity index (χ4v) is 2.93. The van der Waals surface area contributed by atoms with Gasteiger partial charge in [0.15, 0.2) is 0 Å². The monoisotopic (exact) mass is 308 g/mol. The quantitative estimate of drug-likeness (QED) is 0.777. The summed E-state index contributed by atoms with van der Waals surface area (Å²) in [7, 11) is 0. The normalized spacial score (nSPS) is 11.6. The Kier molecular flexibility index (Phi) is 5.86. The third-order valence-corrected chi connectivity index (χ3v) is 4.09. The molecule has 0 heterocycles. The van der Waals surface area contributed by atoms with Crippen LogP contribution in [-0.4, -0.2) is 0 Å². The second-order valence-corrected chi connectivity index (χ2v) is 6.55. The molecule has 2 rings (SSSR count). The highest BCUT2D eigenvalue weighted by atomic mass is 15.1. The van der Waals surface area contributed by atoms with E-state index in [9.17, 15) is 0 Å². The molecule has 0 aliphatic heterocycles. The standard InChI is InChI=1S/C21H28N2/c1-16(2)19-11-8-12-20(17(3)4)21(19)23(14-13-22)15-18-9-6-5-7-10-18/h5-14,16-17H,15,22H2,1-4H3/b14-13-. The van der Waals surface area contributed by atoms with Crippen molar-refractivity contribution < 1.29 is 0 Å². The van der Waals surface area contributed by atoms with Crippen molar-refractivity contribution in [3.8, 4) is 0 Å². The molecule has 0 unspecified atom stereocenters. The van der Waals surface area contributed by atoms with Gasteiger partial charge in [-0.25, -0.2) is 0 Å². The minimum atomic E-state index is 0.466. The number of hydrogen-bond acceptors (Lipinski definition) is 2. The van der Waals surface area contributed by atoms with Gasteiger partial charge in [-0.1, -0.05) is 76.2 Å². The van der Waals surface area contributed by atoms with E-state index in [4.69, 9.17) is 5.73 Å². The molecule has 0 amide bonds. The lowest BCUT2D eigenvalue weighted by Crippen LogP contribution is -2.20. The van der Waals surface area contributed by atoms with Gasteiger partial charge in [-0.2, -0.15) is 0 Å². The van der Waals surface area contributed by atoms with Crippen LogP contribution in [0.15, 0.2) is 60.9 Å². The van der Waals surface area contributed by atoms with Crippen LogP contribution in [0.2, 0.25) is 0 Å². The Morgan fingerprint density at radius 3 is 1.91 bits per heavy atom. The number of para-hydroxylation sites is 1. The minimum absolute atomic E-state index is 0.466. The predicted molar refractivity (Wildman–Crippen MR) is 101 cm³/mol. The molecule has 0 fully saturated rings. The van der Waals surface area contributed by atoms with Crippen LogP contribution in [0.25, 0.3) is 0 Å². The van der Waals surface area contributed by atoms with Crippen molar-refractivity contribution in [2.24, 2.45) is 5.73 Å². The highest BCUT2D eigenvalue weighted by Gasteiger charge is 2.18. The maximum absolute atomic E-state index is 5.75. The molecule has 122 valence electrons. The summed E-state index contributed by atoms with van der Waals surface area (Å²) in [5, 5.41) is 0. The number of rotatable bonds is 6. The topological polar surface area (TPSA) is 29.3 Å². The molecule has 2 aromatic carbocycles. The number of anilines is 1. The van der Waals surface area contributed by atoms with E-state index in [1.807, 2.05) is 12.3 Å². The zero-order chi connectivity index (χ0) is 16.8. The van der Waals surface area contributed by atoms with Crippen LogP contribution in [-0.2, 0) is 6.54 Å². The van der Waals surface area contributed by atoms with Gasteiger partial charge >= 0.3 is 0 Å². The maximum atomic E-state index is 5.75. The molecule has 0 aromatic heterocycles. The highest BCUT2D eigenvalue weighted by molar-refractivity contribution is 5.63. The van der Waals surface area contributed by atoms with E-state index in [0.29, 0.717) is 11.8 Å². The van der Waals surface area contributed by atoms with E-state index in [0.717, 1.165) is 6.54 Å². The number of nitrogens with zero attached hydrogens (tertiary/aromatic N) is 1. The van der Waals surface area contributed by atoms with E-state index >= 15 is 0 Å². The summed E-state index contributed by atoms with van der Waals surface area (Å²) in [6.45, 7) is 9.80. The number of nitrogens with two attached hydrogens (primary N) is 1. The Morgan fingerprint density at radius 2 is 1.43 bits per heavy atom. The van der Waals surface area contributed by atoms with Crippen LogP contribution in [0, 0.1) is 0 Å². The van der Waals surface area contributed by atoms with E-state index in [1.165, 1.54) is 22.4 Å². The number of benzene rings is 2. The zero-order valence-corrected chi connectivity index (χ0v) is 14.7. The van der Waals surface area contributed by atoms with E-state index in [1.54, 1.807) is 6.20 Å². The zero-order valence-electron chi connectivity index (χ0n) is 14.7. The second-order valence-electron chi connectivity index (χ2n) is 6.55. The Bertz CT molecular complexity index is 616. The summed E-state index contributed by atoms with van der Waals surface area (Å²) in [5.41, 5.74) is 11.1. The Morgan fingerprint density at radius 1 is 0.870 bits per heavy atom. The first-order valence-corrected chi connectivity index (χ1v) is 8.36. The largest absolute Gasteiger partial charge is 0.403 e. The smallest absolute Gasteiger partial charge is 0.0480 e. The minimum Gasteiger partial charge on any atom is -0.403 e. The van der Waals surface area contributed by atoms with Gasteiger partial charge in [0.05, 0.1) is 0 Å². The molecule has 2 nitrogen and oxygen atoms in total. The Balaban J connectivity index is 2.53. The van der Waals surface area contributed by atoms with Gasteiger partial charge in [-0.05, 0) is 28.5 Å². The van der Waals surface area contributed by atoms with Gasteiger partial charge in [0.25, 0.3) is 0 Å². The fraction of sp³-hybridized carbons (Fsp3) is 0.333. The molecule has 0 saturated heterocycles. The van der Waals surface area contributed by atoms with Gasteiger partial charge in [-0.3, -0.25) is 0 Å². The summed E-state index contributed by atoms with van der Waals surface area (Å²) in [6, 6.07) is 17.2. The van der Waals surface area contributed by atoms with Gasteiger partial charge < -0.3 is 10.6 Å². The van der Waals surface area contributed by atoms with Crippen LogP contribution in [0.3, 0.4) is 0 Å². The van der Waals surface area contributed by atoms with E-state index < -0.39 is 0 Å². The lowest BCUT2D eigenvalue weighted by molar-refractivity contribution is 0.810. The second kappa shape index (κ2) is 7.87. The molecule has 0 radical (unpaired) electrons. The molecule has 23 heavy (non-hydrogen) atoms.